The van der Waals surface area contributed by atoms with E-state index in [1.54, 1.807) is 85.6 Å². The van der Waals surface area contributed by atoms with Crippen LogP contribution in [0.4, 0.5) is 25.8 Å². The molecule has 2 aliphatic rings. The first-order valence-corrected chi connectivity index (χ1v) is 20.1. The summed E-state index contributed by atoms with van der Waals surface area (Å²) in [5, 5.41) is 17.2. The molecular weight excluding hydrogens is 767 g/mol. The Kier molecular flexibility index (Phi) is 17.1. The molecule has 324 valence electrons. The molecule has 0 spiro atoms. The van der Waals surface area contributed by atoms with Gasteiger partial charge < -0.3 is 14.4 Å². The molecular formula is C43H61BN8O8. The summed E-state index contributed by atoms with van der Waals surface area (Å²) in [6, 6.07) is 13.1. The van der Waals surface area contributed by atoms with Crippen LogP contribution in [-0.2, 0) is 18.9 Å². The maximum absolute atomic E-state index is 13.3. The van der Waals surface area contributed by atoms with E-state index in [1.165, 1.54) is 7.12 Å². The second kappa shape index (κ2) is 21.3. The van der Waals surface area contributed by atoms with Crippen LogP contribution in [0.5, 0.6) is 0 Å². The Morgan fingerprint density at radius 2 is 1.35 bits per heavy atom. The summed E-state index contributed by atoms with van der Waals surface area (Å²) in [6.07, 6.45) is 1.98. The average Bonchev–Trinajstić information content (AvgIpc) is 3.15. The molecule has 4 amide bonds. The molecule has 0 unspecified atom stereocenters. The monoisotopic (exact) mass is 828 g/mol. The molecule has 2 heterocycles. The van der Waals surface area contributed by atoms with E-state index >= 15 is 0 Å². The molecule has 60 heavy (non-hydrogen) atoms. The molecule has 0 bridgehead atoms. The molecule has 4 rings (SSSR count). The normalized spacial score (nSPS) is 14.8. The van der Waals surface area contributed by atoms with Crippen LogP contribution < -0.4 is 20.9 Å². The van der Waals surface area contributed by atoms with Gasteiger partial charge in [-0.2, -0.15) is 0 Å². The number of nitrogens with zero attached hydrogens (tertiary/aromatic N) is 5. The summed E-state index contributed by atoms with van der Waals surface area (Å²) in [4.78, 5) is 60.8. The molecule has 17 heteroatoms. The predicted molar refractivity (Wildman–Crippen MR) is 235 cm³/mol. The van der Waals surface area contributed by atoms with Crippen LogP contribution in [0.15, 0.2) is 53.5 Å². The Morgan fingerprint density at radius 3 is 1.87 bits per heavy atom. The minimum atomic E-state index is -0.827. The first-order valence-electron chi connectivity index (χ1n) is 20.1. The quantitative estimate of drug-likeness (QED) is 0.0852. The number of alkyl carbamates (subject to hydrolysis) is 2. The standard InChI is InChI=1S/C41H55BN8O8.C2H6/c1-27-25-31(15-16-32(27)48-21-23-49(24-22-48)34(42-55-26-43)45-36(52)56-39(2,3)4)44-33(51)30-13-11-28(12-14-30)29-17-19-50(20-18-29)35(46-37(53)57-40(5,6)7)47-38(54)58-41(8,9)10;1-2/h11-17,25H,18-24H2,1-10H3,(H,44,51)(H,45,52)(H,46,47,53,54);1-2H3. The van der Waals surface area contributed by atoms with Crippen molar-refractivity contribution in [1.29, 1.82) is 5.26 Å². The van der Waals surface area contributed by atoms with Crippen LogP contribution in [0.1, 0.15) is 104 Å². The van der Waals surface area contributed by atoms with Gasteiger partial charge in [0.2, 0.25) is 5.96 Å². The summed E-state index contributed by atoms with van der Waals surface area (Å²) in [5.41, 5.74) is 3.30. The van der Waals surface area contributed by atoms with Crippen LogP contribution >= 0.6 is 0 Å². The van der Waals surface area contributed by atoms with Crippen LogP contribution in [0.2, 0.25) is 0 Å². The molecule has 3 N–H and O–H groups in total. The van der Waals surface area contributed by atoms with Crippen LogP contribution in [0, 0.1) is 18.4 Å². The van der Waals surface area contributed by atoms with Gasteiger partial charge >= 0.3 is 188 Å². The summed E-state index contributed by atoms with van der Waals surface area (Å²) >= 11 is 0. The van der Waals surface area contributed by atoms with Gasteiger partial charge in [-0.25, -0.2) is 9.59 Å². The number of benzene rings is 2. The van der Waals surface area contributed by atoms with Crippen molar-refractivity contribution in [3.8, 4) is 6.26 Å². The van der Waals surface area contributed by atoms with Crippen LogP contribution in [0.25, 0.3) is 5.57 Å². The van der Waals surface area contributed by atoms with Crippen molar-refractivity contribution in [3.05, 3.63) is 65.2 Å². The Morgan fingerprint density at radius 1 is 0.767 bits per heavy atom. The molecule has 0 aromatic heterocycles. The van der Waals surface area contributed by atoms with Gasteiger partial charge in [-0.15, -0.1) is 4.99 Å². The number of carbonyl (C=O) groups is 4. The van der Waals surface area contributed by atoms with Crippen LogP contribution in [0.3, 0.4) is 0 Å². The Balaban J connectivity index is 0.00000473. The number of carbonyl (C=O) groups excluding carboxylic acids is 4. The molecule has 0 radical (unpaired) electrons. The van der Waals surface area contributed by atoms with Crippen molar-refractivity contribution in [2.45, 2.75) is 106 Å². The number of piperazine rings is 1. The summed E-state index contributed by atoms with van der Waals surface area (Å²) < 4.78 is 20.9. The number of aliphatic imine (C=N–C) groups is 1. The Labute approximate surface area is 355 Å². The van der Waals surface area contributed by atoms with Gasteiger partial charge in [-0.3, -0.25) is 5.32 Å². The van der Waals surface area contributed by atoms with E-state index in [-0.39, 0.29) is 11.9 Å². The molecule has 0 saturated carbocycles. The minimum absolute atomic E-state index is 0.0381. The van der Waals surface area contributed by atoms with Crippen molar-refractivity contribution in [2.24, 2.45) is 4.99 Å². The van der Waals surface area contributed by atoms with E-state index < -0.39 is 35.1 Å². The summed E-state index contributed by atoms with van der Waals surface area (Å²) in [6.45, 7) is 24.9. The van der Waals surface area contributed by atoms with E-state index in [0.717, 1.165) is 22.4 Å². The van der Waals surface area contributed by atoms with E-state index in [9.17, 15) is 19.2 Å². The fourth-order valence-corrected chi connectivity index (χ4v) is 6.06. The molecule has 2 aromatic rings. The number of nitrogens with one attached hydrogen (secondary N) is 3. The van der Waals surface area contributed by atoms with E-state index in [4.69, 9.17) is 24.1 Å². The summed E-state index contributed by atoms with van der Waals surface area (Å²) in [7, 11) is 1.20. The second-order valence-corrected chi connectivity index (χ2v) is 16.8. The Bertz CT molecular complexity index is 1960. The second-order valence-electron chi connectivity index (χ2n) is 16.8. The molecule has 16 nitrogen and oxygen atoms in total. The first-order chi connectivity index (χ1) is 28.1. The number of guanidine groups is 1. The van der Waals surface area contributed by atoms with Gasteiger partial charge in [0.1, 0.15) is 11.2 Å². The number of nitriles is 1. The van der Waals surface area contributed by atoms with E-state index in [2.05, 4.69) is 25.8 Å². The van der Waals surface area contributed by atoms with Gasteiger partial charge in [0.25, 0.3) is 0 Å². The first kappa shape index (κ1) is 48.3. The van der Waals surface area contributed by atoms with Gasteiger partial charge in [0, 0.05) is 13.1 Å². The van der Waals surface area contributed by atoms with Gasteiger partial charge in [0.15, 0.2) is 0 Å². The van der Waals surface area contributed by atoms with Crippen molar-refractivity contribution in [2.75, 3.05) is 49.5 Å². The van der Waals surface area contributed by atoms with Gasteiger partial charge in [-0.1, -0.05) is 32.1 Å². The van der Waals surface area contributed by atoms with Gasteiger partial charge in [0.05, 0.1) is 0 Å². The van der Waals surface area contributed by atoms with Crippen molar-refractivity contribution < 1.29 is 38.0 Å². The number of ether oxygens (including phenoxy) is 3. The molecule has 1 fully saturated rings. The SMILES string of the molecule is CC.Cc1cc(NC(=O)c2ccc(C3=CCN(/C(=N\C(=O)OC(C)(C)C)NC(=O)OC(C)(C)C)CC3)cc2)ccc1N1CCN(C(=BOC#N)NC(=O)OC(C)(C)C)CC1. The number of rotatable bonds is 7. The third-order valence-electron chi connectivity index (χ3n) is 8.50. The fourth-order valence-electron chi connectivity index (χ4n) is 6.06. The number of hydrogen-bond donors (Lipinski definition) is 3. The number of aryl methyl sites for hydroxylation is 1. The topological polar surface area (TPSA) is 187 Å². The summed E-state index contributed by atoms with van der Waals surface area (Å²) in [5.74, 6) is -0.208. The molecule has 0 aliphatic carbocycles. The van der Waals surface area contributed by atoms with E-state index in [1.807, 2.05) is 62.1 Å². The van der Waals surface area contributed by atoms with Gasteiger partial charge in [-0.05, 0) is 71.2 Å². The molecule has 2 aromatic carbocycles. The number of anilines is 2. The molecule has 0 atom stereocenters. The van der Waals surface area contributed by atoms with Crippen molar-refractivity contribution in [1.82, 2.24) is 20.4 Å². The van der Waals surface area contributed by atoms with Crippen molar-refractivity contribution >= 4 is 59.9 Å². The third kappa shape index (κ3) is 16.0. The fraction of sp³-hybridized carbons (Fsp3) is 0.512. The number of amides is 4. The Hall–Kier alpha value is -6.05. The van der Waals surface area contributed by atoms with Crippen molar-refractivity contribution in [3.63, 3.8) is 0 Å². The zero-order valence-electron chi connectivity index (χ0n) is 37.1. The zero-order chi connectivity index (χ0) is 44.8. The molecule has 1 saturated heterocycles. The van der Waals surface area contributed by atoms with E-state index in [0.29, 0.717) is 62.7 Å². The average molecular weight is 829 g/mol. The third-order valence-corrected chi connectivity index (χ3v) is 8.50. The molecule has 2 aliphatic heterocycles. The number of hydrogen-bond acceptors (Lipinski definition) is 11. The predicted octanol–water partition coefficient (Wildman–Crippen LogP) is 7.03. The maximum atomic E-state index is 13.3. The zero-order valence-corrected chi connectivity index (χ0v) is 37.1. The van der Waals surface area contributed by atoms with Crippen LogP contribution in [-0.4, -0.2) is 109 Å².